The monoisotopic (exact) mass is 361 g/mol. The second-order valence-electron chi connectivity index (χ2n) is 3.84. The van der Waals surface area contributed by atoms with E-state index in [1.807, 2.05) is 11.4 Å². The summed E-state index contributed by atoms with van der Waals surface area (Å²) < 4.78 is 23.4. The molecule has 0 unspecified atom stereocenters. The molecule has 5 nitrogen and oxygen atoms in total. The van der Waals surface area contributed by atoms with Crippen LogP contribution < -0.4 is 16.2 Å². The van der Waals surface area contributed by atoms with Crippen LogP contribution in [0.2, 0.25) is 0 Å². The SMILES string of the molecule is Nc1cc(S(N)(=O)=O)ccc1NCc1sccc1Br. The van der Waals surface area contributed by atoms with Crippen molar-refractivity contribution in [3.05, 3.63) is 39.0 Å². The Kier molecular flexibility index (Phi) is 4.14. The second kappa shape index (κ2) is 5.49. The van der Waals surface area contributed by atoms with Gasteiger partial charge in [0.25, 0.3) is 0 Å². The van der Waals surface area contributed by atoms with E-state index in [1.54, 1.807) is 17.4 Å². The van der Waals surface area contributed by atoms with E-state index in [0.29, 0.717) is 17.9 Å². The molecule has 2 aromatic rings. The molecular weight excluding hydrogens is 350 g/mol. The maximum Gasteiger partial charge on any atom is 0.238 e. The summed E-state index contributed by atoms with van der Waals surface area (Å²) in [5, 5.41) is 10.2. The fourth-order valence-corrected chi connectivity index (χ4v) is 3.49. The lowest BCUT2D eigenvalue weighted by Crippen LogP contribution is -2.13. The molecule has 0 aliphatic rings. The summed E-state index contributed by atoms with van der Waals surface area (Å²) in [5.74, 6) is 0. The summed E-state index contributed by atoms with van der Waals surface area (Å²) in [5.41, 5.74) is 6.83. The van der Waals surface area contributed by atoms with Crippen molar-refractivity contribution in [2.24, 2.45) is 5.14 Å². The van der Waals surface area contributed by atoms with Crippen molar-refractivity contribution < 1.29 is 8.42 Å². The molecule has 2 rings (SSSR count). The average molecular weight is 362 g/mol. The number of nitrogens with two attached hydrogens (primary N) is 2. The van der Waals surface area contributed by atoms with Crippen molar-refractivity contribution in [3.8, 4) is 0 Å². The number of nitrogens with one attached hydrogen (secondary N) is 1. The Labute approximate surface area is 123 Å². The third-order valence-electron chi connectivity index (χ3n) is 2.48. The molecule has 0 aliphatic carbocycles. The first-order valence-electron chi connectivity index (χ1n) is 5.26. The third kappa shape index (κ3) is 3.47. The maximum atomic E-state index is 11.2. The fourth-order valence-electron chi connectivity index (χ4n) is 1.51. The molecule has 0 aliphatic heterocycles. The zero-order valence-corrected chi connectivity index (χ0v) is 13.0. The van der Waals surface area contributed by atoms with Crippen LogP contribution in [0.5, 0.6) is 0 Å². The van der Waals surface area contributed by atoms with Gasteiger partial charge < -0.3 is 11.1 Å². The predicted octanol–water partition coefficient (Wildman–Crippen LogP) is 2.35. The van der Waals surface area contributed by atoms with Crippen LogP contribution in [0.25, 0.3) is 0 Å². The Hall–Kier alpha value is -1.09. The highest BCUT2D eigenvalue weighted by Gasteiger charge is 2.10. The number of benzene rings is 1. The van der Waals surface area contributed by atoms with E-state index >= 15 is 0 Å². The minimum absolute atomic E-state index is 0.00727. The van der Waals surface area contributed by atoms with Crippen LogP contribution in [0.1, 0.15) is 4.88 Å². The maximum absolute atomic E-state index is 11.2. The number of halogens is 1. The molecule has 1 heterocycles. The molecule has 0 atom stereocenters. The Morgan fingerprint density at radius 1 is 1.32 bits per heavy atom. The molecular formula is C11H12BrN3O2S2. The Bertz CT molecular complexity index is 698. The third-order valence-corrected chi connectivity index (χ3v) is 5.32. The Morgan fingerprint density at radius 2 is 2.05 bits per heavy atom. The van der Waals surface area contributed by atoms with Crippen LogP contribution in [0.4, 0.5) is 11.4 Å². The summed E-state index contributed by atoms with van der Waals surface area (Å²) in [7, 11) is -3.72. The molecule has 0 bridgehead atoms. The van der Waals surface area contributed by atoms with Crippen molar-refractivity contribution in [1.29, 1.82) is 0 Å². The number of hydrogen-bond acceptors (Lipinski definition) is 5. The highest BCUT2D eigenvalue weighted by Crippen LogP contribution is 2.26. The summed E-state index contributed by atoms with van der Waals surface area (Å²) in [6.07, 6.45) is 0. The number of sulfonamides is 1. The van der Waals surface area contributed by atoms with Crippen LogP contribution in [-0.4, -0.2) is 8.42 Å². The predicted molar refractivity (Wildman–Crippen MR) is 81.6 cm³/mol. The topological polar surface area (TPSA) is 98.2 Å². The van der Waals surface area contributed by atoms with E-state index in [-0.39, 0.29) is 4.90 Å². The van der Waals surface area contributed by atoms with Gasteiger partial charge in [-0.2, -0.15) is 0 Å². The minimum Gasteiger partial charge on any atom is -0.397 e. The highest BCUT2D eigenvalue weighted by molar-refractivity contribution is 9.10. The first kappa shape index (κ1) is 14.3. The largest absolute Gasteiger partial charge is 0.397 e. The molecule has 1 aromatic carbocycles. The first-order chi connectivity index (χ1) is 8.88. The number of hydrogen-bond donors (Lipinski definition) is 3. The van der Waals surface area contributed by atoms with E-state index in [2.05, 4.69) is 21.2 Å². The summed E-state index contributed by atoms with van der Waals surface area (Å²) in [6.45, 7) is 0.608. The van der Waals surface area contributed by atoms with Gasteiger partial charge in [0, 0.05) is 9.35 Å². The minimum atomic E-state index is -3.72. The van der Waals surface area contributed by atoms with Gasteiger partial charge in [-0.15, -0.1) is 11.3 Å². The second-order valence-corrected chi connectivity index (χ2v) is 7.26. The number of primary sulfonamides is 1. The molecule has 0 spiro atoms. The smallest absolute Gasteiger partial charge is 0.238 e. The van der Waals surface area contributed by atoms with Gasteiger partial charge in [0.05, 0.1) is 22.8 Å². The van der Waals surface area contributed by atoms with Crippen molar-refractivity contribution in [2.75, 3.05) is 11.1 Å². The number of anilines is 2. The zero-order valence-electron chi connectivity index (χ0n) is 9.76. The summed E-state index contributed by atoms with van der Waals surface area (Å²) in [6, 6.07) is 6.35. The van der Waals surface area contributed by atoms with Crippen molar-refractivity contribution in [3.63, 3.8) is 0 Å². The van der Waals surface area contributed by atoms with Gasteiger partial charge in [-0.25, -0.2) is 13.6 Å². The van der Waals surface area contributed by atoms with Crippen LogP contribution in [0.15, 0.2) is 39.0 Å². The normalized spacial score (nSPS) is 11.5. The summed E-state index contributed by atoms with van der Waals surface area (Å²) >= 11 is 5.06. The number of rotatable bonds is 4. The van der Waals surface area contributed by atoms with Crippen molar-refractivity contribution in [2.45, 2.75) is 11.4 Å². The van der Waals surface area contributed by atoms with Crippen LogP contribution >= 0.6 is 27.3 Å². The molecule has 0 saturated heterocycles. The standard InChI is InChI=1S/C11H12BrN3O2S2/c12-8-3-4-18-11(8)6-15-10-2-1-7(5-9(10)13)19(14,16)17/h1-5,15H,6,13H2,(H2,14,16,17). The van der Waals surface area contributed by atoms with E-state index < -0.39 is 10.0 Å². The molecule has 0 amide bonds. The molecule has 0 radical (unpaired) electrons. The van der Waals surface area contributed by atoms with Gasteiger partial charge in [0.2, 0.25) is 10.0 Å². The molecule has 0 fully saturated rings. The van der Waals surface area contributed by atoms with Gasteiger partial charge in [0.1, 0.15) is 0 Å². The van der Waals surface area contributed by atoms with Crippen molar-refractivity contribution >= 4 is 48.7 Å². The van der Waals surface area contributed by atoms with E-state index in [9.17, 15) is 8.42 Å². The number of nitrogen functional groups attached to an aromatic ring is 1. The lowest BCUT2D eigenvalue weighted by atomic mass is 10.2. The Morgan fingerprint density at radius 3 is 2.58 bits per heavy atom. The van der Waals surface area contributed by atoms with Gasteiger partial charge >= 0.3 is 0 Å². The van der Waals surface area contributed by atoms with Crippen LogP contribution in [0.3, 0.4) is 0 Å². The molecule has 19 heavy (non-hydrogen) atoms. The first-order valence-corrected chi connectivity index (χ1v) is 8.48. The van der Waals surface area contributed by atoms with E-state index in [4.69, 9.17) is 10.9 Å². The summed E-state index contributed by atoms with van der Waals surface area (Å²) in [4.78, 5) is 1.14. The number of thiophene rings is 1. The van der Waals surface area contributed by atoms with Gasteiger partial charge in [0.15, 0.2) is 0 Å². The molecule has 8 heteroatoms. The molecule has 1 aromatic heterocycles. The zero-order chi connectivity index (χ0) is 14.0. The molecule has 0 saturated carbocycles. The van der Waals surface area contributed by atoms with Gasteiger partial charge in [-0.05, 0) is 45.6 Å². The fraction of sp³-hybridized carbons (Fsp3) is 0.0909. The van der Waals surface area contributed by atoms with Gasteiger partial charge in [-0.3, -0.25) is 0 Å². The van der Waals surface area contributed by atoms with E-state index in [1.165, 1.54) is 12.1 Å². The van der Waals surface area contributed by atoms with E-state index in [0.717, 1.165) is 9.35 Å². The highest BCUT2D eigenvalue weighted by atomic mass is 79.9. The lowest BCUT2D eigenvalue weighted by molar-refractivity contribution is 0.598. The quantitative estimate of drug-likeness (QED) is 0.727. The average Bonchev–Trinajstić information content (AvgIpc) is 2.72. The Balaban J connectivity index is 2.16. The lowest BCUT2D eigenvalue weighted by Gasteiger charge is -2.10. The molecule has 5 N–H and O–H groups in total. The van der Waals surface area contributed by atoms with Crippen LogP contribution in [-0.2, 0) is 16.6 Å². The van der Waals surface area contributed by atoms with Crippen molar-refractivity contribution in [1.82, 2.24) is 0 Å². The van der Waals surface area contributed by atoms with Gasteiger partial charge in [-0.1, -0.05) is 0 Å². The van der Waals surface area contributed by atoms with Crippen LogP contribution in [0, 0.1) is 0 Å². The molecule has 102 valence electrons.